The van der Waals surface area contributed by atoms with Gasteiger partial charge >= 0.3 is 0 Å². The van der Waals surface area contributed by atoms with E-state index in [1.807, 2.05) is 72.3 Å². The zero-order valence-electron chi connectivity index (χ0n) is 24.4. The molecule has 2 amide bonds. The number of hydrogen-bond donors (Lipinski definition) is 1. The Morgan fingerprint density at radius 1 is 0.854 bits per heavy atom. The summed E-state index contributed by atoms with van der Waals surface area (Å²) < 4.78 is 0. The maximum Gasteiger partial charge on any atom is 0.260 e. The molecule has 0 radical (unpaired) electrons. The van der Waals surface area contributed by atoms with Crippen LogP contribution in [-0.4, -0.2) is 98.0 Å². The Hall–Kier alpha value is -3.95. The van der Waals surface area contributed by atoms with Crippen LogP contribution in [0.3, 0.4) is 0 Å². The van der Waals surface area contributed by atoms with Crippen LogP contribution in [0.4, 0.5) is 28.6 Å². The van der Waals surface area contributed by atoms with Crippen molar-refractivity contribution in [1.82, 2.24) is 19.7 Å². The van der Waals surface area contributed by atoms with Crippen LogP contribution in [0.1, 0.15) is 39.1 Å². The minimum absolute atomic E-state index is 0.0620. The highest BCUT2D eigenvalue weighted by Gasteiger charge is 2.29. The Morgan fingerprint density at radius 3 is 2.32 bits per heavy atom. The Morgan fingerprint density at radius 2 is 1.59 bits per heavy atom. The molecule has 0 unspecified atom stereocenters. The van der Waals surface area contributed by atoms with E-state index in [-0.39, 0.29) is 11.8 Å². The summed E-state index contributed by atoms with van der Waals surface area (Å²) in [4.78, 5) is 41.7. The summed E-state index contributed by atoms with van der Waals surface area (Å²) in [5.74, 6) is 0.704. The molecule has 3 aliphatic heterocycles. The largest absolute Gasteiger partial charge is 0.342 e. The lowest BCUT2D eigenvalue weighted by Crippen LogP contribution is -2.54. The molecule has 41 heavy (non-hydrogen) atoms. The molecule has 2 fully saturated rings. The Bertz CT molecular complexity index is 1460. The number of fused-ring (bicyclic) bond motifs is 2. The van der Waals surface area contributed by atoms with Crippen LogP contribution < -0.4 is 15.1 Å². The number of aryl methyl sites for hydroxylation is 1. The SMILES string of the molecule is Cc1cc(C(=O)N2CCN(C3CCN(C)CC3)CC2)ccc1Nc1cc2c(cn1)N(C)C(=O)c1ccccc1N2C. The van der Waals surface area contributed by atoms with E-state index in [1.54, 1.807) is 18.1 Å². The van der Waals surface area contributed by atoms with E-state index in [2.05, 4.69) is 27.1 Å². The predicted molar refractivity (Wildman–Crippen MR) is 164 cm³/mol. The number of anilines is 5. The highest BCUT2D eigenvalue weighted by atomic mass is 16.2. The smallest absolute Gasteiger partial charge is 0.260 e. The molecule has 6 rings (SSSR count). The summed E-state index contributed by atoms with van der Waals surface area (Å²) in [5, 5.41) is 3.43. The summed E-state index contributed by atoms with van der Waals surface area (Å²) in [5.41, 5.74) is 5.71. The molecule has 4 heterocycles. The molecule has 9 nitrogen and oxygen atoms in total. The number of para-hydroxylation sites is 1. The topological polar surface area (TPSA) is 75.3 Å². The van der Waals surface area contributed by atoms with Crippen LogP contribution in [0.15, 0.2) is 54.7 Å². The fourth-order valence-electron chi connectivity index (χ4n) is 6.31. The Balaban J connectivity index is 1.14. The third-order valence-corrected chi connectivity index (χ3v) is 8.93. The molecule has 0 bridgehead atoms. The average molecular weight is 554 g/mol. The number of carbonyl (C=O) groups is 2. The van der Waals surface area contributed by atoms with Gasteiger partial charge in [-0.15, -0.1) is 0 Å². The van der Waals surface area contributed by atoms with Crippen molar-refractivity contribution in [2.75, 3.05) is 75.5 Å². The minimum atomic E-state index is -0.0620. The van der Waals surface area contributed by atoms with Gasteiger partial charge in [-0.05, 0) is 75.8 Å². The van der Waals surface area contributed by atoms with Crippen molar-refractivity contribution < 1.29 is 9.59 Å². The fourth-order valence-corrected chi connectivity index (χ4v) is 6.31. The fraction of sp³-hybridized carbons (Fsp3) is 0.406. The van der Waals surface area contributed by atoms with Crippen molar-refractivity contribution in [3.8, 4) is 0 Å². The molecule has 1 N–H and O–H groups in total. The lowest BCUT2D eigenvalue weighted by atomic mass is 10.0. The number of benzene rings is 2. The Kier molecular flexibility index (Phi) is 7.40. The number of amides is 2. The number of pyridine rings is 1. The van der Waals surface area contributed by atoms with E-state index in [0.29, 0.717) is 23.0 Å². The van der Waals surface area contributed by atoms with Crippen LogP contribution >= 0.6 is 0 Å². The van der Waals surface area contributed by atoms with Crippen molar-refractivity contribution in [3.63, 3.8) is 0 Å². The first-order chi connectivity index (χ1) is 19.8. The van der Waals surface area contributed by atoms with Crippen molar-refractivity contribution in [2.45, 2.75) is 25.8 Å². The maximum atomic E-state index is 13.4. The van der Waals surface area contributed by atoms with Gasteiger partial charge in [-0.2, -0.15) is 0 Å². The summed E-state index contributed by atoms with van der Waals surface area (Å²) in [6, 6.07) is 16.1. The van der Waals surface area contributed by atoms with Crippen LogP contribution in [-0.2, 0) is 0 Å². The highest BCUT2D eigenvalue weighted by molar-refractivity contribution is 6.13. The van der Waals surface area contributed by atoms with E-state index < -0.39 is 0 Å². The molecular formula is C32H39N7O2. The first-order valence-electron chi connectivity index (χ1n) is 14.5. The van der Waals surface area contributed by atoms with Gasteiger partial charge in [0, 0.05) is 63.6 Å². The second-order valence-electron chi connectivity index (χ2n) is 11.5. The average Bonchev–Trinajstić information content (AvgIpc) is 3.08. The zero-order chi connectivity index (χ0) is 28.7. The van der Waals surface area contributed by atoms with E-state index in [4.69, 9.17) is 0 Å². The standard InChI is InChI=1S/C32H39N7O2/c1-22-19-23(31(40)39-17-15-38(16-18-39)24-11-13-35(2)14-12-24)9-10-26(22)34-30-20-28-29(21-33-30)37(4)32(41)25-7-5-6-8-27(25)36(28)3/h5-10,19-21,24H,11-18H2,1-4H3,(H,33,34). The number of piperazine rings is 1. The van der Waals surface area contributed by atoms with Crippen molar-refractivity contribution >= 4 is 40.4 Å². The van der Waals surface area contributed by atoms with Crippen LogP contribution in [0, 0.1) is 6.92 Å². The van der Waals surface area contributed by atoms with Crippen LogP contribution in [0.25, 0.3) is 0 Å². The second kappa shape index (κ2) is 11.1. The number of rotatable bonds is 4. The lowest BCUT2D eigenvalue weighted by molar-refractivity contribution is 0.0475. The van der Waals surface area contributed by atoms with E-state index in [0.717, 1.165) is 67.6 Å². The van der Waals surface area contributed by atoms with Crippen LogP contribution in [0.5, 0.6) is 0 Å². The van der Waals surface area contributed by atoms with Gasteiger partial charge in [0.25, 0.3) is 11.8 Å². The third-order valence-electron chi connectivity index (χ3n) is 8.93. The summed E-state index contributed by atoms with van der Waals surface area (Å²) in [6.45, 7) is 7.77. The summed E-state index contributed by atoms with van der Waals surface area (Å²) in [7, 11) is 5.94. The van der Waals surface area contributed by atoms with Crippen LogP contribution in [0.2, 0.25) is 0 Å². The van der Waals surface area contributed by atoms with E-state index >= 15 is 0 Å². The summed E-state index contributed by atoms with van der Waals surface area (Å²) in [6.07, 6.45) is 4.17. The van der Waals surface area contributed by atoms with Gasteiger partial charge in [0.05, 0.1) is 28.8 Å². The number of hydrogen-bond acceptors (Lipinski definition) is 7. The first-order valence-corrected chi connectivity index (χ1v) is 14.5. The molecule has 9 heteroatoms. The Labute approximate surface area is 242 Å². The van der Waals surface area contributed by atoms with Crippen molar-refractivity contribution in [3.05, 3.63) is 71.4 Å². The third kappa shape index (κ3) is 5.27. The number of aromatic nitrogens is 1. The number of nitrogens with zero attached hydrogens (tertiary/aromatic N) is 6. The molecule has 0 atom stereocenters. The first kappa shape index (κ1) is 27.2. The van der Waals surface area contributed by atoms with Gasteiger partial charge in [0.15, 0.2) is 0 Å². The molecule has 3 aromatic rings. The lowest BCUT2D eigenvalue weighted by Gasteiger charge is -2.42. The second-order valence-corrected chi connectivity index (χ2v) is 11.5. The van der Waals surface area contributed by atoms with Crippen molar-refractivity contribution in [2.24, 2.45) is 0 Å². The molecule has 3 aliphatic rings. The van der Waals surface area contributed by atoms with Crippen molar-refractivity contribution in [1.29, 1.82) is 0 Å². The molecular weight excluding hydrogens is 514 g/mol. The molecule has 214 valence electrons. The molecule has 2 aromatic carbocycles. The number of carbonyl (C=O) groups excluding carboxylic acids is 2. The molecule has 0 aliphatic carbocycles. The molecule has 2 saturated heterocycles. The van der Waals surface area contributed by atoms with Gasteiger partial charge in [-0.1, -0.05) is 12.1 Å². The molecule has 1 aromatic heterocycles. The van der Waals surface area contributed by atoms with E-state index in [1.165, 1.54) is 12.8 Å². The predicted octanol–water partition coefficient (Wildman–Crippen LogP) is 4.34. The zero-order valence-corrected chi connectivity index (χ0v) is 24.4. The summed E-state index contributed by atoms with van der Waals surface area (Å²) >= 11 is 0. The number of piperidine rings is 1. The van der Waals surface area contributed by atoms with Gasteiger partial charge in [-0.3, -0.25) is 14.5 Å². The minimum Gasteiger partial charge on any atom is -0.342 e. The molecule has 0 saturated carbocycles. The maximum absolute atomic E-state index is 13.4. The monoisotopic (exact) mass is 553 g/mol. The van der Waals surface area contributed by atoms with Gasteiger partial charge in [0.2, 0.25) is 0 Å². The van der Waals surface area contributed by atoms with Gasteiger partial charge < -0.3 is 24.9 Å². The highest BCUT2D eigenvalue weighted by Crippen LogP contribution is 2.40. The number of nitrogens with one attached hydrogen (secondary N) is 1. The number of likely N-dealkylation sites (tertiary alicyclic amines) is 1. The van der Waals surface area contributed by atoms with Gasteiger partial charge in [-0.25, -0.2) is 4.98 Å². The quantitative estimate of drug-likeness (QED) is 0.515. The molecule has 0 spiro atoms. The van der Waals surface area contributed by atoms with E-state index in [9.17, 15) is 9.59 Å². The van der Waals surface area contributed by atoms with Gasteiger partial charge in [0.1, 0.15) is 5.82 Å². The normalized spacial score (nSPS) is 18.6.